The number of benzene rings is 1. The van der Waals surface area contributed by atoms with Crippen LogP contribution < -0.4 is 5.32 Å². The monoisotopic (exact) mass is 359 g/mol. The van der Waals surface area contributed by atoms with Gasteiger partial charge in [-0.15, -0.1) is 12.4 Å². The maximum Gasteiger partial charge on any atom is 0.303 e. The molecule has 1 aliphatic carbocycles. The van der Waals surface area contributed by atoms with Crippen molar-refractivity contribution >= 4 is 35.8 Å². The van der Waals surface area contributed by atoms with Gasteiger partial charge >= 0.3 is 5.97 Å². The molecule has 0 heterocycles. The van der Waals surface area contributed by atoms with Gasteiger partial charge in [0.2, 0.25) is 0 Å². The number of carbonyl (C=O) groups excluding carboxylic acids is 1. The molecule has 0 radical (unpaired) electrons. The van der Waals surface area contributed by atoms with Crippen molar-refractivity contribution in [3.8, 4) is 0 Å². The summed E-state index contributed by atoms with van der Waals surface area (Å²) in [6.07, 6.45) is 4.71. The van der Waals surface area contributed by atoms with Crippen LogP contribution >= 0.6 is 24.0 Å². The number of rotatable bonds is 7. The van der Waals surface area contributed by atoms with Gasteiger partial charge in [-0.3, -0.25) is 9.59 Å². The van der Waals surface area contributed by atoms with E-state index < -0.39 is 11.5 Å². The molecule has 0 aliphatic heterocycles. The fraction of sp³-hybridized carbons (Fsp3) is 0.529. The first-order chi connectivity index (χ1) is 10.6. The van der Waals surface area contributed by atoms with Crippen molar-refractivity contribution in [2.75, 3.05) is 6.54 Å². The molecule has 4 nitrogen and oxygen atoms in total. The second-order valence-electron chi connectivity index (χ2n) is 5.79. The molecule has 1 aliphatic rings. The van der Waals surface area contributed by atoms with E-state index in [1.165, 1.54) is 0 Å². The lowest BCUT2D eigenvalue weighted by atomic mass is 9.75. The predicted octanol–water partition coefficient (Wildman–Crippen LogP) is 3.94. The Morgan fingerprint density at radius 1 is 1.26 bits per heavy atom. The highest BCUT2D eigenvalue weighted by Crippen LogP contribution is 2.37. The number of unbranched alkanes of at least 4 members (excludes halogenated alkanes) is 1. The van der Waals surface area contributed by atoms with Crippen molar-refractivity contribution in [1.29, 1.82) is 0 Å². The third-order valence-electron chi connectivity index (χ3n) is 4.26. The zero-order chi connectivity index (χ0) is 16.0. The number of halogens is 2. The lowest BCUT2D eigenvalue weighted by molar-refractivity contribution is -0.137. The summed E-state index contributed by atoms with van der Waals surface area (Å²) in [6, 6.07) is 7.49. The largest absolute Gasteiger partial charge is 0.481 e. The van der Waals surface area contributed by atoms with E-state index in [0.29, 0.717) is 24.4 Å². The van der Waals surface area contributed by atoms with Crippen molar-refractivity contribution in [2.45, 2.75) is 50.5 Å². The minimum Gasteiger partial charge on any atom is -0.481 e. The fourth-order valence-corrected chi connectivity index (χ4v) is 3.40. The van der Waals surface area contributed by atoms with Gasteiger partial charge in [-0.25, -0.2) is 0 Å². The van der Waals surface area contributed by atoms with E-state index in [-0.39, 0.29) is 24.6 Å². The van der Waals surface area contributed by atoms with E-state index in [0.717, 1.165) is 31.2 Å². The molecule has 1 atom stereocenters. The van der Waals surface area contributed by atoms with Crippen molar-refractivity contribution < 1.29 is 14.7 Å². The smallest absolute Gasteiger partial charge is 0.303 e. The molecule has 0 amide bonds. The lowest BCUT2D eigenvalue weighted by Gasteiger charge is -2.38. The van der Waals surface area contributed by atoms with E-state index in [9.17, 15) is 9.59 Å². The Morgan fingerprint density at radius 2 is 2.00 bits per heavy atom. The summed E-state index contributed by atoms with van der Waals surface area (Å²) in [5.74, 6) is -0.598. The zero-order valence-corrected chi connectivity index (χ0v) is 14.6. The van der Waals surface area contributed by atoms with Crippen molar-refractivity contribution in [2.24, 2.45) is 0 Å². The maximum atomic E-state index is 12.6. The third kappa shape index (κ3) is 4.93. The van der Waals surface area contributed by atoms with Gasteiger partial charge in [-0.05, 0) is 43.9 Å². The number of Topliss-reactive ketones (excluding diaryl/α,β-unsaturated/α-hetero) is 1. The first-order valence-corrected chi connectivity index (χ1v) is 8.19. The quantitative estimate of drug-likeness (QED) is 0.723. The van der Waals surface area contributed by atoms with E-state index in [1.807, 2.05) is 24.3 Å². The summed E-state index contributed by atoms with van der Waals surface area (Å²) in [5, 5.41) is 12.7. The number of aliphatic carboxylic acids is 1. The summed E-state index contributed by atoms with van der Waals surface area (Å²) in [7, 11) is 0. The van der Waals surface area contributed by atoms with Crippen LogP contribution in [0.1, 0.15) is 50.5 Å². The van der Waals surface area contributed by atoms with Gasteiger partial charge in [-0.1, -0.05) is 36.2 Å². The summed E-state index contributed by atoms with van der Waals surface area (Å²) in [6.45, 7) is 0.615. The molecule has 1 fully saturated rings. The van der Waals surface area contributed by atoms with Gasteiger partial charge in [0, 0.05) is 17.9 Å². The van der Waals surface area contributed by atoms with E-state index in [1.54, 1.807) is 0 Å². The highest BCUT2D eigenvalue weighted by Gasteiger charge is 2.41. The SMILES string of the molecule is Cl.O=C(O)CCCCNC1(c2ccccc2Cl)CCCCC1=O. The van der Waals surface area contributed by atoms with Gasteiger partial charge in [0.25, 0.3) is 0 Å². The number of carbonyl (C=O) groups is 2. The maximum absolute atomic E-state index is 12.6. The van der Waals surface area contributed by atoms with Crippen LogP contribution in [0.5, 0.6) is 0 Å². The molecule has 128 valence electrons. The van der Waals surface area contributed by atoms with Crippen LogP contribution in [0.25, 0.3) is 0 Å². The van der Waals surface area contributed by atoms with Crippen LogP contribution in [-0.2, 0) is 15.1 Å². The average molecular weight is 360 g/mol. The van der Waals surface area contributed by atoms with Crippen molar-refractivity contribution in [1.82, 2.24) is 5.32 Å². The fourth-order valence-electron chi connectivity index (χ4n) is 3.11. The van der Waals surface area contributed by atoms with Crippen LogP contribution in [0.15, 0.2) is 24.3 Å². The van der Waals surface area contributed by atoms with Gasteiger partial charge in [-0.2, -0.15) is 0 Å². The van der Waals surface area contributed by atoms with E-state index in [4.69, 9.17) is 16.7 Å². The van der Waals surface area contributed by atoms with Gasteiger partial charge < -0.3 is 10.4 Å². The van der Waals surface area contributed by atoms with Crippen LogP contribution in [0.3, 0.4) is 0 Å². The molecule has 0 spiro atoms. The normalized spacial score (nSPS) is 20.8. The molecule has 23 heavy (non-hydrogen) atoms. The average Bonchev–Trinajstić information content (AvgIpc) is 2.49. The minimum atomic E-state index is -0.783. The third-order valence-corrected chi connectivity index (χ3v) is 4.59. The first kappa shape index (κ1) is 19.9. The molecular weight excluding hydrogens is 337 g/mol. The molecular formula is C17H23Cl2NO3. The zero-order valence-electron chi connectivity index (χ0n) is 13.0. The van der Waals surface area contributed by atoms with E-state index in [2.05, 4.69) is 5.32 Å². The lowest BCUT2D eigenvalue weighted by Crippen LogP contribution is -2.51. The molecule has 2 rings (SSSR count). The van der Waals surface area contributed by atoms with Crippen LogP contribution in [0, 0.1) is 0 Å². The predicted molar refractivity (Wildman–Crippen MR) is 93.3 cm³/mol. The van der Waals surface area contributed by atoms with Crippen LogP contribution in [0.4, 0.5) is 0 Å². The molecule has 1 unspecified atom stereocenters. The number of nitrogens with one attached hydrogen (secondary N) is 1. The van der Waals surface area contributed by atoms with Crippen molar-refractivity contribution in [3.63, 3.8) is 0 Å². The second-order valence-corrected chi connectivity index (χ2v) is 6.20. The second kappa shape index (κ2) is 9.26. The Labute approximate surface area is 148 Å². The molecule has 0 bridgehead atoms. The van der Waals surface area contributed by atoms with Crippen molar-refractivity contribution in [3.05, 3.63) is 34.9 Å². The van der Waals surface area contributed by atoms with Crippen LogP contribution in [0.2, 0.25) is 5.02 Å². The number of carboxylic acid groups (broad SMARTS) is 1. The van der Waals surface area contributed by atoms with Gasteiger partial charge in [0.05, 0.1) is 0 Å². The summed E-state index contributed by atoms with van der Waals surface area (Å²) >= 11 is 6.32. The van der Waals surface area contributed by atoms with E-state index >= 15 is 0 Å². The number of ketones is 1. The summed E-state index contributed by atoms with van der Waals surface area (Å²) in [4.78, 5) is 23.2. The summed E-state index contributed by atoms with van der Waals surface area (Å²) < 4.78 is 0. The molecule has 1 saturated carbocycles. The molecule has 1 aromatic carbocycles. The Morgan fingerprint density at radius 3 is 2.65 bits per heavy atom. The summed E-state index contributed by atoms with van der Waals surface area (Å²) in [5.41, 5.74) is 0.138. The van der Waals surface area contributed by atoms with Crippen LogP contribution in [-0.4, -0.2) is 23.4 Å². The highest BCUT2D eigenvalue weighted by atomic mass is 35.5. The Balaban J connectivity index is 0.00000264. The molecule has 1 aromatic rings. The molecule has 0 aromatic heterocycles. The van der Waals surface area contributed by atoms with Gasteiger partial charge in [0.15, 0.2) is 5.78 Å². The highest BCUT2D eigenvalue weighted by molar-refractivity contribution is 6.31. The molecule has 2 N–H and O–H groups in total. The number of hydrogen-bond acceptors (Lipinski definition) is 3. The van der Waals surface area contributed by atoms with Gasteiger partial charge in [0.1, 0.15) is 5.54 Å². The first-order valence-electron chi connectivity index (χ1n) is 7.81. The number of carboxylic acids is 1. The standard InChI is InChI=1S/C17H22ClNO3.ClH/c18-14-8-2-1-7-13(14)17(11-5-3-9-15(17)20)19-12-6-4-10-16(21)22;/h1-2,7-8,19H,3-6,9-12H2,(H,21,22);1H. The number of hydrogen-bond donors (Lipinski definition) is 2. The minimum absolute atomic E-state index is 0. The Hall–Kier alpha value is -1.10. The Bertz CT molecular complexity index is 550. The molecule has 0 saturated heterocycles. The Kier molecular flexibility index (Phi) is 8.03. The molecule has 6 heteroatoms. The topological polar surface area (TPSA) is 66.4 Å².